The van der Waals surface area contributed by atoms with Gasteiger partial charge in [0.15, 0.2) is 0 Å². The molecule has 1 aromatic rings. The number of rotatable bonds is 2. The summed E-state index contributed by atoms with van der Waals surface area (Å²) in [5, 5.41) is 3.94. The Bertz CT molecular complexity index is 407. The molecule has 1 aliphatic heterocycles. The van der Waals surface area contributed by atoms with Crippen LogP contribution in [-0.4, -0.2) is 19.1 Å². The van der Waals surface area contributed by atoms with Crippen molar-refractivity contribution in [2.24, 2.45) is 15.8 Å². The standard InChI is InChI=1S/C10H12N4/c1-12-14-5-7-2-3-9-8(4-7)6-13-10(9)11/h2-5,12H,6H2,1H3,(H2,11,13). The highest BCUT2D eigenvalue weighted by molar-refractivity contribution is 6.01. The van der Waals surface area contributed by atoms with Crippen LogP contribution in [0.25, 0.3) is 0 Å². The molecule has 2 rings (SSSR count). The van der Waals surface area contributed by atoms with E-state index < -0.39 is 0 Å². The maximum Gasteiger partial charge on any atom is 0.126 e. The first-order chi connectivity index (χ1) is 6.81. The summed E-state index contributed by atoms with van der Waals surface area (Å²) in [5.41, 5.74) is 11.7. The second-order valence-electron chi connectivity index (χ2n) is 3.10. The Morgan fingerprint density at radius 3 is 3.21 bits per heavy atom. The highest BCUT2D eigenvalue weighted by Gasteiger charge is 2.12. The second-order valence-corrected chi connectivity index (χ2v) is 3.10. The predicted octanol–water partition coefficient (Wildman–Crippen LogP) is 0.459. The van der Waals surface area contributed by atoms with Crippen molar-refractivity contribution >= 4 is 12.1 Å². The van der Waals surface area contributed by atoms with Gasteiger partial charge in [-0.2, -0.15) is 5.10 Å². The predicted molar refractivity (Wildman–Crippen MR) is 57.5 cm³/mol. The molecule has 1 heterocycles. The van der Waals surface area contributed by atoms with Gasteiger partial charge in [-0.1, -0.05) is 12.1 Å². The van der Waals surface area contributed by atoms with Crippen molar-refractivity contribution in [1.29, 1.82) is 0 Å². The van der Waals surface area contributed by atoms with Crippen LogP contribution >= 0.6 is 0 Å². The van der Waals surface area contributed by atoms with Crippen LogP contribution in [0.15, 0.2) is 28.3 Å². The molecule has 0 bridgehead atoms. The number of benzene rings is 1. The third-order valence-corrected chi connectivity index (χ3v) is 2.17. The van der Waals surface area contributed by atoms with Crippen molar-refractivity contribution < 1.29 is 0 Å². The topological polar surface area (TPSA) is 62.8 Å². The lowest BCUT2D eigenvalue weighted by molar-refractivity contribution is 0.908. The van der Waals surface area contributed by atoms with Gasteiger partial charge in [-0.15, -0.1) is 0 Å². The smallest absolute Gasteiger partial charge is 0.126 e. The van der Waals surface area contributed by atoms with Gasteiger partial charge in [0.25, 0.3) is 0 Å². The van der Waals surface area contributed by atoms with Crippen molar-refractivity contribution in [3.8, 4) is 0 Å². The molecule has 0 unspecified atom stereocenters. The number of hydrazone groups is 1. The lowest BCUT2D eigenvalue weighted by Crippen LogP contribution is -2.10. The number of nitrogens with zero attached hydrogens (tertiary/aromatic N) is 2. The van der Waals surface area contributed by atoms with E-state index in [9.17, 15) is 0 Å². The van der Waals surface area contributed by atoms with E-state index >= 15 is 0 Å². The number of aliphatic imine (C=N–C) groups is 1. The summed E-state index contributed by atoms with van der Waals surface area (Å²) in [6.07, 6.45) is 1.77. The largest absolute Gasteiger partial charge is 0.383 e. The van der Waals surface area contributed by atoms with Crippen molar-refractivity contribution in [3.63, 3.8) is 0 Å². The molecule has 4 nitrogen and oxygen atoms in total. The minimum atomic E-state index is 0.636. The molecule has 0 saturated carbocycles. The molecule has 0 spiro atoms. The van der Waals surface area contributed by atoms with E-state index in [-0.39, 0.29) is 0 Å². The molecule has 0 fully saturated rings. The molecule has 0 atom stereocenters. The SMILES string of the molecule is CNN=Cc1ccc2c(c1)CN=C2N. The first-order valence-corrected chi connectivity index (χ1v) is 4.44. The minimum Gasteiger partial charge on any atom is -0.383 e. The summed E-state index contributed by atoms with van der Waals surface area (Å²) >= 11 is 0. The normalized spacial score (nSPS) is 14.2. The Kier molecular flexibility index (Phi) is 2.18. The van der Waals surface area contributed by atoms with Gasteiger partial charge in [-0.3, -0.25) is 4.99 Å². The van der Waals surface area contributed by atoms with E-state index in [0.717, 1.165) is 11.1 Å². The molecular weight excluding hydrogens is 176 g/mol. The monoisotopic (exact) mass is 188 g/mol. The van der Waals surface area contributed by atoms with Gasteiger partial charge < -0.3 is 11.2 Å². The zero-order valence-electron chi connectivity index (χ0n) is 7.99. The molecule has 0 amide bonds. The quantitative estimate of drug-likeness (QED) is 0.523. The lowest BCUT2D eigenvalue weighted by Gasteiger charge is -2.00. The molecule has 0 saturated heterocycles. The second kappa shape index (κ2) is 3.49. The average Bonchev–Trinajstić information content (AvgIpc) is 2.57. The fourth-order valence-electron chi connectivity index (χ4n) is 1.47. The van der Waals surface area contributed by atoms with Crippen LogP contribution in [0.2, 0.25) is 0 Å². The van der Waals surface area contributed by atoms with Crippen LogP contribution in [0.3, 0.4) is 0 Å². The summed E-state index contributed by atoms with van der Waals surface area (Å²) in [5.74, 6) is 0.636. The van der Waals surface area contributed by atoms with Crippen LogP contribution in [0.4, 0.5) is 0 Å². The molecule has 0 aliphatic carbocycles. The molecule has 1 aliphatic rings. The van der Waals surface area contributed by atoms with Gasteiger partial charge in [0.1, 0.15) is 5.84 Å². The summed E-state index contributed by atoms with van der Waals surface area (Å²) in [6.45, 7) is 0.683. The molecule has 3 N–H and O–H groups in total. The van der Waals surface area contributed by atoms with E-state index in [1.54, 1.807) is 13.3 Å². The van der Waals surface area contributed by atoms with Gasteiger partial charge >= 0.3 is 0 Å². The van der Waals surface area contributed by atoms with E-state index in [2.05, 4.69) is 21.6 Å². The number of hydrogen-bond acceptors (Lipinski definition) is 4. The first kappa shape index (κ1) is 8.74. The van der Waals surface area contributed by atoms with Gasteiger partial charge in [0.2, 0.25) is 0 Å². The number of amidine groups is 1. The molecule has 0 radical (unpaired) electrons. The molecular formula is C10H12N4. The number of fused-ring (bicyclic) bond motifs is 1. The van der Waals surface area contributed by atoms with E-state index in [1.807, 2.05) is 12.1 Å². The number of nitrogens with two attached hydrogens (primary N) is 1. The van der Waals surface area contributed by atoms with Gasteiger partial charge in [0.05, 0.1) is 12.8 Å². The molecule has 14 heavy (non-hydrogen) atoms. The van der Waals surface area contributed by atoms with Crippen molar-refractivity contribution in [1.82, 2.24) is 5.43 Å². The molecule has 4 heteroatoms. The van der Waals surface area contributed by atoms with E-state index in [4.69, 9.17) is 5.73 Å². The van der Waals surface area contributed by atoms with Crippen molar-refractivity contribution in [2.45, 2.75) is 6.54 Å². The Morgan fingerprint density at radius 2 is 2.43 bits per heavy atom. The van der Waals surface area contributed by atoms with Gasteiger partial charge in [-0.05, 0) is 17.2 Å². The third-order valence-electron chi connectivity index (χ3n) is 2.17. The zero-order valence-corrected chi connectivity index (χ0v) is 7.99. The Morgan fingerprint density at radius 1 is 1.57 bits per heavy atom. The maximum absolute atomic E-state index is 5.70. The van der Waals surface area contributed by atoms with E-state index in [1.165, 1.54) is 5.56 Å². The van der Waals surface area contributed by atoms with Crippen LogP contribution in [0.5, 0.6) is 0 Å². The van der Waals surface area contributed by atoms with Crippen LogP contribution in [0.1, 0.15) is 16.7 Å². The summed E-state index contributed by atoms with van der Waals surface area (Å²) < 4.78 is 0. The summed E-state index contributed by atoms with van der Waals surface area (Å²) in [7, 11) is 1.77. The highest BCUT2D eigenvalue weighted by Crippen LogP contribution is 2.17. The Labute approximate surface area is 82.5 Å². The van der Waals surface area contributed by atoms with Crippen LogP contribution < -0.4 is 11.2 Å². The third kappa shape index (κ3) is 1.46. The maximum atomic E-state index is 5.70. The molecule has 0 aromatic heterocycles. The summed E-state index contributed by atoms with van der Waals surface area (Å²) in [6, 6.07) is 6.02. The number of nitrogens with one attached hydrogen (secondary N) is 1. The molecule has 1 aromatic carbocycles. The van der Waals surface area contributed by atoms with Gasteiger partial charge in [0, 0.05) is 12.6 Å². The van der Waals surface area contributed by atoms with Crippen LogP contribution in [-0.2, 0) is 6.54 Å². The highest BCUT2D eigenvalue weighted by atomic mass is 15.3. The molecule has 72 valence electrons. The lowest BCUT2D eigenvalue weighted by atomic mass is 10.1. The first-order valence-electron chi connectivity index (χ1n) is 4.44. The zero-order chi connectivity index (χ0) is 9.97. The van der Waals surface area contributed by atoms with Crippen molar-refractivity contribution in [3.05, 3.63) is 34.9 Å². The van der Waals surface area contributed by atoms with E-state index in [0.29, 0.717) is 12.4 Å². The fraction of sp³-hybridized carbons (Fsp3) is 0.200. The average molecular weight is 188 g/mol. The Hall–Kier alpha value is -1.84. The Balaban J connectivity index is 2.31. The van der Waals surface area contributed by atoms with Gasteiger partial charge in [-0.25, -0.2) is 0 Å². The minimum absolute atomic E-state index is 0.636. The van der Waals surface area contributed by atoms with Crippen LogP contribution in [0, 0.1) is 0 Å². The fourth-order valence-corrected chi connectivity index (χ4v) is 1.47. The summed E-state index contributed by atoms with van der Waals surface area (Å²) in [4.78, 5) is 4.16. The van der Waals surface area contributed by atoms with Crippen molar-refractivity contribution in [2.75, 3.05) is 7.05 Å². The number of hydrogen-bond donors (Lipinski definition) is 2.